The molecule has 1 heterocycles. The SMILES string of the molecule is O=C(O)C(Cc1ccc(Br)cc1)c1snc2ccccc12. The Bertz CT molecular complexity index is 782. The number of aromatic nitrogens is 1. The monoisotopic (exact) mass is 361 g/mol. The highest BCUT2D eigenvalue weighted by Gasteiger charge is 2.24. The first-order chi connectivity index (χ1) is 10.1. The number of carboxylic acid groups (broad SMARTS) is 1. The second kappa shape index (κ2) is 5.95. The Morgan fingerprint density at radius 1 is 1.19 bits per heavy atom. The second-order valence-corrected chi connectivity index (χ2v) is 6.51. The molecule has 2 aromatic carbocycles. The lowest BCUT2D eigenvalue weighted by Gasteiger charge is -2.11. The van der Waals surface area contributed by atoms with Gasteiger partial charge in [0.05, 0.1) is 11.4 Å². The van der Waals surface area contributed by atoms with Crippen molar-refractivity contribution < 1.29 is 9.90 Å². The fourth-order valence-corrected chi connectivity index (χ4v) is 3.51. The molecule has 3 nitrogen and oxygen atoms in total. The van der Waals surface area contributed by atoms with Crippen LogP contribution in [0.3, 0.4) is 0 Å². The first kappa shape index (κ1) is 14.2. The zero-order chi connectivity index (χ0) is 14.8. The predicted molar refractivity (Wildman–Crippen MR) is 87.8 cm³/mol. The number of carbonyl (C=O) groups is 1. The summed E-state index contributed by atoms with van der Waals surface area (Å²) < 4.78 is 5.34. The van der Waals surface area contributed by atoms with Crippen LogP contribution in [0.4, 0.5) is 0 Å². The summed E-state index contributed by atoms with van der Waals surface area (Å²) in [7, 11) is 0. The van der Waals surface area contributed by atoms with Crippen LogP contribution in [0.25, 0.3) is 10.9 Å². The van der Waals surface area contributed by atoms with Crippen molar-refractivity contribution in [2.45, 2.75) is 12.3 Å². The Kier molecular flexibility index (Phi) is 4.03. The number of hydrogen-bond acceptors (Lipinski definition) is 3. The summed E-state index contributed by atoms with van der Waals surface area (Å²) in [6.07, 6.45) is 0.467. The summed E-state index contributed by atoms with van der Waals surface area (Å²) in [5.41, 5.74) is 1.86. The quantitative estimate of drug-likeness (QED) is 0.745. The molecule has 0 bridgehead atoms. The number of hydrogen-bond donors (Lipinski definition) is 1. The molecule has 0 spiro atoms. The summed E-state index contributed by atoms with van der Waals surface area (Å²) in [4.78, 5) is 12.5. The molecule has 0 aliphatic heterocycles. The van der Waals surface area contributed by atoms with E-state index in [1.165, 1.54) is 11.5 Å². The fraction of sp³-hybridized carbons (Fsp3) is 0.125. The van der Waals surface area contributed by atoms with Gasteiger partial charge in [-0.3, -0.25) is 4.79 Å². The minimum absolute atomic E-state index is 0.467. The Balaban J connectivity index is 1.98. The van der Waals surface area contributed by atoms with E-state index in [-0.39, 0.29) is 0 Å². The molecule has 0 amide bonds. The summed E-state index contributed by atoms with van der Waals surface area (Å²) in [5, 5.41) is 10.5. The largest absolute Gasteiger partial charge is 0.481 e. The average molecular weight is 362 g/mol. The van der Waals surface area contributed by atoms with Gasteiger partial charge < -0.3 is 5.11 Å². The van der Waals surface area contributed by atoms with Gasteiger partial charge in [-0.25, -0.2) is 0 Å². The number of nitrogens with zero attached hydrogens (tertiary/aromatic N) is 1. The Morgan fingerprint density at radius 2 is 1.90 bits per heavy atom. The lowest BCUT2D eigenvalue weighted by Crippen LogP contribution is -2.13. The number of rotatable bonds is 4. The minimum Gasteiger partial charge on any atom is -0.481 e. The van der Waals surface area contributed by atoms with Crippen molar-refractivity contribution in [3.05, 3.63) is 63.4 Å². The predicted octanol–water partition coefficient (Wildman–Crippen LogP) is 4.47. The van der Waals surface area contributed by atoms with E-state index in [0.717, 1.165) is 25.8 Å². The molecular formula is C16H12BrNO2S. The van der Waals surface area contributed by atoms with Gasteiger partial charge in [0.15, 0.2) is 0 Å². The first-order valence-corrected chi connectivity index (χ1v) is 8.03. The molecule has 1 atom stereocenters. The maximum atomic E-state index is 11.7. The molecule has 0 aliphatic carbocycles. The van der Waals surface area contributed by atoms with E-state index in [4.69, 9.17) is 0 Å². The van der Waals surface area contributed by atoms with E-state index in [0.29, 0.717) is 6.42 Å². The van der Waals surface area contributed by atoms with Crippen LogP contribution in [0, 0.1) is 0 Å². The lowest BCUT2D eigenvalue weighted by molar-refractivity contribution is -0.138. The summed E-state index contributed by atoms with van der Waals surface area (Å²) in [5.74, 6) is -1.38. The number of benzene rings is 2. The average Bonchev–Trinajstić information content (AvgIpc) is 2.90. The molecule has 1 N–H and O–H groups in total. The van der Waals surface area contributed by atoms with E-state index >= 15 is 0 Å². The molecule has 1 unspecified atom stereocenters. The molecule has 0 radical (unpaired) electrons. The molecule has 3 rings (SSSR count). The molecule has 1 aromatic heterocycles. The Morgan fingerprint density at radius 3 is 2.62 bits per heavy atom. The highest BCUT2D eigenvalue weighted by molar-refractivity contribution is 9.10. The van der Waals surface area contributed by atoms with Crippen LogP contribution < -0.4 is 0 Å². The van der Waals surface area contributed by atoms with Gasteiger partial charge in [-0.1, -0.05) is 46.3 Å². The van der Waals surface area contributed by atoms with E-state index in [1.807, 2.05) is 48.5 Å². The topological polar surface area (TPSA) is 50.2 Å². The third kappa shape index (κ3) is 2.99. The molecule has 3 aromatic rings. The van der Waals surface area contributed by atoms with Gasteiger partial charge in [0.2, 0.25) is 0 Å². The number of fused-ring (bicyclic) bond motifs is 1. The second-order valence-electron chi connectivity index (χ2n) is 4.79. The van der Waals surface area contributed by atoms with Crippen LogP contribution in [-0.4, -0.2) is 15.4 Å². The standard InChI is InChI=1S/C16H12BrNO2S/c17-11-7-5-10(6-8-11)9-13(16(19)20)15-12-3-1-2-4-14(12)18-21-15/h1-8,13H,9H2,(H,19,20). The third-order valence-electron chi connectivity index (χ3n) is 3.38. The fourth-order valence-electron chi connectivity index (χ4n) is 2.31. The summed E-state index contributed by atoms with van der Waals surface area (Å²) >= 11 is 4.67. The molecule has 21 heavy (non-hydrogen) atoms. The van der Waals surface area contributed by atoms with E-state index < -0.39 is 11.9 Å². The summed E-state index contributed by atoms with van der Waals surface area (Å²) in [6.45, 7) is 0. The first-order valence-electron chi connectivity index (χ1n) is 6.46. The molecule has 5 heteroatoms. The van der Waals surface area contributed by atoms with Crippen molar-refractivity contribution in [2.24, 2.45) is 0 Å². The van der Waals surface area contributed by atoms with Gasteiger partial charge in [0, 0.05) is 14.7 Å². The molecule has 0 fully saturated rings. The zero-order valence-corrected chi connectivity index (χ0v) is 13.4. The van der Waals surface area contributed by atoms with Crippen LogP contribution in [0.1, 0.15) is 16.4 Å². The van der Waals surface area contributed by atoms with Gasteiger partial charge in [-0.05, 0) is 41.7 Å². The Hall–Kier alpha value is -1.72. The van der Waals surface area contributed by atoms with E-state index in [1.54, 1.807) is 0 Å². The van der Waals surface area contributed by atoms with Gasteiger partial charge in [-0.15, -0.1) is 0 Å². The third-order valence-corrected chi connectivity index (χ3v) is 4.90. The van der Waals surface area contributed by atoms with Crippen molar-refractivity contribution >= 4 is 44.3 Å². The lowest BCUT2D eigenvalue weighted by atomic mass is 9.96. The zero-order valence-electron chi connectivity index (χ0n) is 11.0. The number of halogens is 1. The van der Waals surface area contributed by atoms with Crippen molar-refractivity contribution in [3.63, 3.8) is 0 Å². The molecule has 0 saturated carbocycles. The smallest absolute Gasteiger partial charge is 0.312 e. The normalized spacial score (nSPS) is 12.4. The molecule has 106 valence electrons. The highest BCUT2D eigenvalue weighted by atomic mass is 79.9. The highest BCUT2D eigenvalue weighted by Crippen LogP contribution is 2.32. The molecule has 0 saturated heterocycles. The maximum Gasteiger partial charge on any atom is 0.312 e. The van der Waals surface area contributed by atoms with Crippen LogP contribution >= 0.6 is 27.5 Å². The molecular weight excluding hydrogens is 350 g/mol. The van der Waals surface area contributed by atoms with Crippen LogP contribution in [0.2, 0.25) is 0 Å². The van der Waals surface area contributed by atoms with Crippen molar-refractivity contribution in [3.8, 4) is 0 Å². The van der Waals surface area contributed by atoms with Crippen molar-refractivity contribution in [1.82, 2.24) is 4.37 Å². The van der Waals surface area contributed by atoms with Gasteiger partial charge in [-0.2, -0.15) is 4.37 Å². The number of aliphatic carboxylic acids is 1. The Labute approximate surface area is 134 Å². The van der Waals surface area contributed by atoms with Gasteiger partial charge in [0.1, 0.15) is 0 Å². The van der Waals surface area contributed by atoms with Gasteiger partial charge in [0.25, 0.3) is 0 Å². The number of carboxylic acids is 1. The van der Waals surface area contributed by atoms with Crippen LogP contribution in [0.15, 0.2) is 53.0 Å². The van der Waals surface area contributed by atoms with Crippen LogP contribution in [-0.2, 0) is 11.2 Å². The van der Waals surface area contributed by atoms with E-state index in [9.17, 15) is 9.90 Å². The maximum absolute atomic E-state index is 11.7. The molecule has 0 aliphatic rings. The van der Waals surface area contributed by atoms with Crippen molar-refractivity contribution in [1.29, 1.82) is 0 Å². The van der Waals surface area contributed by atoms with Crippen LogP contribution in [0.5, 0.6) is 0 Å². The van der Waals surface area contributed by atoms with Gasteiger partial charge >= 0.3 is 5.97 Å². The van der Waals surface area contributed by atoms with Crippen molar-refractivity contribution in [2.75, 3.05) is 0 Å². The van der Waals surface area contributed by atoms with E-state index in [2.05, 4.69) is 20.3 Å². The summed E-state index contributed by atoms with van der Waals surface area (Å²) in [6, 6.07) is 15.4. The minimum atomic E-state index is -0.813.